The number of benzene rings is 2. The van der Waals surface area contributed by atoms with E-state index in [-0.39, 0.29) is 6.42 Å². The number of carboxylic acid groups (broad SMARTS) is 1. The highest BCUT2D eigenvalue weighted by Crippen LogP contribution is 2.21. The van der Waals surface area contributed by atoms with Crippen molar-refractivity contribution in [2.75, 3.05) is 7.11 Å². The number of hydrogen-bond acceptors (Lipinski definition) is 4. The highest BCUT2D eigenvalue weighted by atomic mass is 16.5. The molecule has 0 aromatic heterocycles. The van der Waals surface area contributed by atoms with Crippen LogP contribution in [0.25, 0.3) is 0 Å². The maximum Gasteiger partial charge on any atom is 0.305 e. The van der Waals surface area contributed by atoms with Gasteiger partial charge < -0.3 is 15.2 Å². The molecule has 0 heterocycles. The van der Waals surface area contributed by atoms with Crippen molar-refractivity contribution in [3.63, 3.8) is 0 Å². The van der Waals surface area contributed by atoms with Gasteiger partial charge in [-0.2, -0.15) is 5.26 Å². The second kappa shape index (κ2) is 7.79. The van der Waals surface area contributed by atoms with Crippen LogP contribution in [0.4, 0.5) is 0 Å². The summed E-state index contributed by atoms with van der Waals surface area (Å²) >= 11 is 0. The van der Waals surface area contributed by atoms with E-state index < -0.39 is 17.9 Å². The van der Waals surface area contributed by atoms with Gasteiger partial charge in [-0.1, -0.05) is 12.1 Å². The van der Waals surface area contributed by atoms with Crippen LogP contribution >= 0.6 is 0 Å². The normalized spacial score (nSPS) is 11.2. The van der Waals surface area contributed by atoms with Crippen LogP contribution in [0.15, 0.2) is 48.5 Å². The van der Waals surface area contributed by atoms with Crippen LogP contribution in [-0.4, -0.2) is 24.1 Å². The summed E-state index contributed by atoms with van der Waals surface area (Å²) in [6.07, 6.45) is -0.242. The molecule has 1 amide bonds. The molecule has 24 heavy (non-hydrogen) atoms. The Balaban J connectivity index is 2.19. The van der Waals surface area contributed by atoms with Gasteiger partial charge in [0.25, 0.3) is 5.91 Å². The van der Waals surface area contributed by atoms with E-state index in [2.05, 4.69) is 5.32 Å². The Morgan fingerprint density at radius 3 is 2.29 bits per heavy atom. The zero-order valence-electron chi connectivity index (χ0n) is 13.0. The number of carbonyl (C=O) groups excluding carboxylic acids is 1. The maximum atomic E-state index is 12.3. The van der Waals surface area contributed by atoms with Crippen LogP contribution in [0.3, 0.4) is 0 Å². The van der Waals surface area contributed by atoms with Crippen molar-refractivity contribution in [1.82, 2.24) is 5.32 Å². The van der Waals surface area contributed by atoms with Crippen LogP contribution < -0.4 is 10.1 Å². The molecule has 1 atom stereocenters. The number of nitrogens with one attached hydrogen (secondary N) is 1. The molecule has 0 spiro atoms. The molecule has 2 rings (SSSR count). The Hall–Kier alpha value is -3.33. The van der Waals surface area contributed by atoms with Gasteiger partial charge in [-0.3, -0.25) is 9.59 Å². The van der Waals surface area contributed by atoms with E-state index in [4.69, 9.17) is 15.1 Å². The number of ether oxygens (including phenoxy) is 1. The van der Waals surface area contributed by atoms with Gasteiger partial charge in [0, 0.05) is 5.56 Å². The van der Waals surface area contributed by atoms with Crippen molar-refractivity contribution in [3.8, 4) is 11.8 Å². The average Bonchev–Trinajstić information content (AvgIpc) is 2.61. The number of carboxylic acids is 1. The minimum atomic E-state index is -1.02. The fraction of sp³-hybridized carbons (Fsp3) is 0.167. The van der Waals surface area contributed by atoms with Gasteiger partial charge in [-0.15, -0.1) is 0 Å². The third kappa shape index (κ3) is 4.34. The van der Waals surface area contributed by atoms with Gasteiger partial charge in [-0.05, 0) is 42.0 Å². The summed E-state index contributed by atoms with van der Waals surface area (Å²) in [7, 11) is 1.54. The maximum absolute atomic E-state index is 12.3. The van der Waals surface area contributed by atoms with Gasteiger partial charge in [0.05, 0.1) is 31.2 Å². The standard InChI is InChI=1S/C18H16N2O4/c1-24-15-8-6-13(7-9-15)16(10-17(21)22)20-18(23)14-4-2-12(11-19)3-5-14/h2-9,16H,10H2,1H3,(H,20,23)(H,21,22)/t16-/m0/s1. The number of methoxy groups -OCH3 is 1. The highest BCUT2D eigenvalue weighted by Gasteiger charge is 2.19. The lowest BCUT2D eigenvalue weighted by molar-refractivity contribution is -0.137. The van der Waals surface area contributed by atoms with Crippen molar-refractivity contribution in [1.29, 1.82) is 5.26 Å². The lowest BCUT2D eigenvalue weighted by Gasteiger charge is -2.18. The topological polar surface area (TPSA) is 99.4 Å². The molecule has 0 bridgehead atoms. The lowest BCUT2D eigenvalue weighted by atomic mass is 10.0. The van der Waals surface area contributed by atoms with Crippen LogP contribution in [0.5, 0.6) is 5.75 Å². The largest absolute Gasteiger partial charge is 0.497 e. The van der Waals surface area contributed by atoms with E-state index in [0.29, 0.717) is 22.4 Å². The van der Waals surface area contributed by atoms with E-state index in [9.17, 15) is 9.59 Å². The van der Waals surface area contributed by atoms with Crippen LogP contribution in [0.2, 0.25) is 0 Å². The molecule has 0 fully saturated rings. The fourth-order valence-corrected chi connectivity index (χ4v) is 2.20. The van der Waals surface area contributed by atoms with Gasteiger partial charge in [0.15, 0.2) is 0 Å². The third-order valence-corrected chi connectivity index (χ3v) is 3.48. The lowest BCUT2D eigenvalue weighted by Crippen LogP contribution is -2.30. The van der Waals surface area contributed by atoms with Crippen molar-refractivity contribution < 1.29 is 19.4 Å². The van der Waals surface area contributed by atoms with E-state index in [0.717, 1.165) is 0 Å². The van der Waals surface area contributed by atoms with E-state index in [1.807, 2.05) is 6.07 Å². The first kappa shape index (κ1) is 17.0. The third-order valence-electron chi connectivity index (χ3n) is 3.48. The minimum absolute atomic E-state index is 0.242. The number of hydrogen-bond donors (Lipinski definition) is 2. The molecule has 6 heteroatoms. The van der Waals surface area contributed by atoms with E-state index in [1.54, 1.807) is 24.3 Å². The number of rotatable bonds is 6. The van der Waals surface area contributed by atoms with Crippen molar-refractivity contribution in [2.24, 2.45) is 0 Å². The summed E-state index contributed by atoms with van der Waals surface area (Å²) in [5.41, 5.74) is 1.47. The Labute approximate surface area is 139 Å². The summed E-state index contributed by atoms with van der Waals surface area (Å²) < 4.78 is 5.07. The summed E-state index contributed by atoms with van der Waals surface area (Å²) in [5.74, 6) is -0.774. The molecular formula is C18H16N2O4. The van der Waals surface area contributed by atoms with E-state index in [1.165, 1.54) is 31.4 Å². The van der Waals surface area contributed by atoms with Crippen molar-refractivity contribution >= 4 is 11.9 Å². The molecule has 2 aromatic rings. The van der Waals surface area contributed by atoms with Crippen LogP contribution in [0, 0.1) is 11.3 Å². The molecule has 0 radical (unpaired) electrons. The molecule has 0 aliphatic rings. The molecular weight excluding hydrogens is 308 g/mol. The Bertz CT molecular complexity index is 761. The number of nitriles is 1. The van der Waals surface area contributed by atoms with Crippen molar-refractivity contribution in [3.05, 3.63) is 65.2 Å². The van der Waals surface area contributed by atoms with Gasteiger partial charge in [0.2, 0.25) is 0 Å². The quantitative estimate of drug-likeness (QED) is 0.850. The molecule has 0 saturated carbocycles. The second-order valence-electron chi connectivity index (χ2n) is 5.09. The predicted molar refractivity (Wildman–Crippen MR) is 86.6 cm³/mol. The smallest absolute Gasteiger partial charge is 0.305 e. The van der Waals surface area contributed by atoms with Gasteiger partial charge in [-0.25, -0.2) is 0 Å². The summed E-state index contributed by atoms with van der Waals surface area (Å²) in [6, 6.07) is 14.3. The summed E-state index contributed by atoms with van der Waals surface area (Å²) in [5, 5.41) is 20.6. The second-order valence-corrected chi connectivity index (χ2v) is 5.09. The number of nitrogens with zero attached hydrogens (tertiary/aromatic N) is 1. The number of carbonyl (C=O) groups is 2. The number of amides is 1. The molecule has 0 aliphatic heterocycles. The summed E-state index contributed by atoms with van der Waals surface area (Å²) in [6.45, 7) is 0. The number of aliphatic carboxylic acids is 1. The van der Waals surface area contributed by atoms with Gasteiger partial charge >= 0.3 is 5.97 Å². The predicted octanol–water partition coefficient (Wildman–Crippen LogP) is 2.51. The first-order chi connectivity index (χ1) is 11.5. The molecule has 2 aromatic carbocycles. The molecule has 6 nitrogen and oxygen atoms in total. The molecule has 2 N–H and O–H groups in total. The molecule has 0 unspecified atom stereocenters. The van der Waals surface area contributed by atoms with Crippen molar-refractivity contribution in [2.45, 2.75) is 12.5 Å². The van der Waals surface area contributed by atoms with Gasteiger partial charge in [0.1, 0.15) is 5.75 Å². The minimum Gasteiger partial charge on any atom is -0.497 e. The highest BCUT2D eigenvalue weighted by molar-refractivity contribution is 5.94. The first-order valence-corrected chi connectivity index (χ1v) is 7.20. The Morgan fingerprint density at radius 1 is 1.17 bits per heavy atom. The van der Waals surface area contributed by atoms with Crippen LogP contribution in [-0.2, 0) is 4.79 Å². The zero-order chi connectivity index (χ0) is 17.5. The van der Waals surface area contributed by atoms with E-state index >= 15 is 0 Å². The van der Waals surface area contributed by atoms with Crippen LogP contribution in [0.1, 0.15) is 33.9 Å². The fourth-order valence-electron chi connectivity index (χ4n) is 2.20. The summed E-state index contributed by atoms with van der Waals surface area (Å²) in [4.78, 5) is 23.4. The Morgan fingerprint density at radius 2 is 1.79 bits per heavy atom. The molecule has 122 valence electrons. The first-order valence-electron chi connectivity index (χ1n) is 7.20. The molecule has 0 aliphatic carbocycles. The SMILES string of the molecule is COc1ccc([C@H](CC(=O)O)NC(=O)c2ccc(C#N)cc2)cc1. The average molecular weight is 324 g/mol. The molecule has 0 saturated heterocycles. The monoisotopic (exact) mass is 324 g/mol. The zero-order valence-corrected chi connectivity index (χ0v) is 13.0. The Kier molecular flexibility index (Phi) is 5.53.